The SMILES string of the molecule is O=C(Nc1cccc(C(=O)Nc2cc(-c3cc4ccccc4o3)[nH]n2)c1)NC1CC1. The minimum absolute atomic E-state index is 0.261. The Morgan fingerprint density at radius 2 is 1.87 bits per heavy atom. The summed E-state index contributed by atoms with van der Waals surface area (Å²) in [7, 11) is 0. The van der Waals surface area contributed by atoms with Crippen molar-refractivity contribution >= 4 is 34.4 Å². The maximum absolute atomic E-state index is 12.6. The van der Waals surface area contributed by atoms with Crippen molar-refractivity contribution in [1.82, 2.24) is 15.5 Å². The summed E-state index contributed by atoms with van der Waals surface area (Å²) in [6, 6.07) is 18.1. The first-order valence-electron chi connectivity index (χ1n) is 9.67. The zero-order valence-electron chi connectivity index (χ0n) is 15.9. The number of H-pyrrole nitrogens is 1. The Hall–Kier alpha value is -4.07. The molecule has 2 heterocycles. The van der Waals surface area contributed by atoms with Gasteiger partial charge in [-0.1, -0.05) is 24.3 Å². The largest absolute Gasteiger partial charge is 0.454 e. The van der Waals surface area contributed by atoms with E-state index in [0.29, 0.717) is 28.5 Å². The van der Waals surface area contributed by atoms with Crippen molar-refractivity contribution in [2.75, 3.05) is 10.6 Å². The van der Waals surface area contributed by atoms with Gasteiger partial charge in [-0.25, -0.2) is 4.79 Å². The minimum atomic E-state index is -0.330. The van der Waals surface area contributed by atoms with Crippen LogP contribution in [-0.4, -0.2) is 28.2 Å². The van der Waals surface area contributed by atoms with Gasteiger partial charge in [-0.05, 0) is 43.2 Å². The Kier molecular flexibility index (Phi) is 4.44. The minimum Gasteiger partial charge on any atom is -0.454 e. The van der Waals surface area contributed by atoms with E-state index >= 15 is 0 Å². The average molecular weight is 401 g/mol. The maximum Gasteiger partial charge on any atom is 0.319 e. The second-order valence-corrected chi connectivity index (χ2v) is 7.22. The van der Waals surface area contributed by atoms with Gasteiger partial charge in [0.25, 0.3) is 5.91 Å². The number of aromatic nitrogens is 2. The molecule has 2 aromatic carbocycles. The number of furan rings is 1. The second-order valence-electron chi connectivity index (χ2n) is 7.22. The van der Waals surface area contributed by atoms with E-state index in [1.54, 1.807) is 30.3 Å². The van der Waals surface area contributed by atoms with Gasteiger partial charge in [0.2, 0.25) is 0 Å². The van der Waals surface area contributed by atoms with Crippen LogP contribution in [0.4, 0.5) is 16.3 Å². The molecule has 4 N–H and O–H groups in total. The zero-order chi connectivity index (χ0) is 20.5. The van der Waals surface area contributed by atoms with Crippen LogP contribution in [0, 0.1) is 0 Å². The van der Waals surface area contributed by atoms with Crippen LogP contribution in [0.3, 0.4) is 0 Å². The summed E-state index contributed by atoms with van der Waals surface area (Å²) < 4.78 is 5.81. The lowest BCUT2D eigenvalue weighted by Gasteiger charge is -2.08. The number of carbonyl (C=O) groups is 2. The molecule has 3 amide bonds. The van der Waals surface area contributed by atoms with Gasteiger partial charge in [-0.2, -0.15) is 5.10 Å². The molecule has 0 bridgehead atoms. The first-order valence-corrected chi connectivity index (χ1v) is 9.67. The summed E-state index contributed by atoms with van der Waals surface area (Å²) >= 11 is 0. The van der Waals surface area contributed by atoms with Crippen LogP contribution in [0.5, 0.6) is 0 Å². The van der Waals surface area contributed by atoms with Crippen molar-refractivity contribution in [3.63, 3.8) is 0 Å². The van der Waals surface area contributed by atoms with Gasteiger partial charge >= 0.3 is 6.03 Å². The summed E-state index contributed by atoms with van der Waals surface area (Å²) in [5.41, 5.74) is 2.40. The highest BCUT2D eigenvalue weighted by atomic mass is 16.3. The number of aromatic amines is 1. The van der Waals surface area contributed by atoms with Gasteiger partial charge in [0, 0.05) is 28.7 Å². The van der Waals surface area contributed by atoms with Crippen LogP contribution >= 0.6 is 0 Å². The van der Waals surface area contributed by atoms with Crippen LogP contribution in [0.15, 0.2) is 65.1 Å². The van der Waals surface area contributed by atoms with E-state index in [9.17, 15) is 9.59 Å². The van der Waals surface area contributed by atoms with Crippen molar-refractivity contribution in [2.24, 2.45) is 0 Å². The average Bonchev–Trinajstić information content (AvgIpc) is 3.26. The van der Waals surface area contributed by atoms with Crippen LogP contribution in [0.1, 0.15) is 23.2 Å². The summed E-state index contributed by atoms with van der Waals surface area (Å²) in [5, 5.41) is 16.4. The normalized spacial score (nSPS) is 13.2. The Balaban J connectivity index is 1.27. The van der Waals surface area contributed by atoms with Crippen molar-refractivity contribution in [2.45, 2.75) is 18.9 Å². The molecule has 1 fully saturated rings. The zero-order valence-corrected chi connectivity index (χ0v) is 15.9. The highest BCUT2D eigenvalue weighted by Gasteiger charge is 2.23. The predicted octanol–water partition coefficient (Wildman–Crippen LogP) is 4.36. The molecule has 8 nitrogen and oxygen atoms in total. The molecule has 0 atom stereocenters. The van der Waals surface area contributed by atoms with Crippen molar-refractivity contribution in [1.29, 1.82) is 0 Å². The number of rotatable bonds is 5. The first-order chi connectivity index (χ1) is 14.6. The van der Waals surface area contributed by atoms with E-state index in [2.05, 4.69) is 26.1 Å². The topological polar surface area (TPSA) is 112 Å². The third-order valence-corrected chi connectivity index (χ3v) is 4.81. The van der Waals surface area contributed by atoms with Crippen LogP contribution in [0.2, 0.25) is 0 Å². The fraction of sp³-hybridized carbons (Fsp3) is 0.136. The molecule has 0 radical (unpaired) electrons. The van der Waals surface area contributed by atoms with Gasteiger partial charge in [0.15, 0.2) is 11.6 Å². The monoisotopic (exact) mass is 401 g/mol. The maximum atomic E-state index is 12.6. The molecule has 4 aromatic rings. The van der Waals surface area contributed by atoms with Crippen LogP contribution < -0.4 is 16.0 Å². The molecular weight excluding hydrogens is 382 g/mol. The lowest BCUT2D eigenvalue weighted by atomic mass is 10.2. The quantitative estimate of drug-likeness (QED) is 0.398. The van der Waals surface area contributed by atoms with Gasteiger partial charge < -0.3 is 20.4 Å². The molecule has 0 saturated heterocycles. The van der Waals surface area contributed by atoms with Gasteiger partial charge in [-0.3, -0.25) is 9.89 Å². The fourth-order valence-corrected chi connectivity index (χ4v) is 3.13. The third-order valence-electron chi connectivity index (χ3n) is 4.81. The Labute approximate surface area is 171 Å². The molecule has 0 unspecified atom stereocenters. The Morgan fingerprint density at radius 1 is 1.00 bits per heavy atom. The molecule has 1 aliphatic rings. The number of nitrogens with one attached hydrogen (secondary N) is 4. The van der Waals surface area contributed by atoms with Crippen molar-refractivity contribution < 1.29 is 14.0 Å². The Bertz CT molecular complexity index is 1210. The highest BCUT2D eigenvalue weighted by molar-refractivity contribution is 6.05. The van der Waals surface area contributed by atoms with Crippen molar-refractivity contribution in [3.8, 4) is 11.5 Å². The number of urea groups is 1. The molecular formula is C22H19N5O3. The highest BCUT2D eigenvalue weighted by Crippen LogP contribution is 2.27. The molecule has 150 valence electrons. The van der Waals surface area contributed by atoms with Crippen LogP contribution in [-0.2, 0) is 0 Å². The molecule has 8 heteroatoms. The third kappa shape index (κ3) is 3.88. The molecule has 0 aliphatic heterocycles. The summed E-state index contributed by atoms with van der Waals surface area (Å²) in [6.07, 6.45) is 2.02. The summed E-state index contributed by atoms with van der Waals surface area (Å²) in [5.74, 6) is 0.682. The number of fused-ring (bicyclic) bond motifs is 1. The number of amides is 3. The number of benzene rings is 2. The fourth-order valence-electron chi connectivity index (χ4n) is 3.13. The Morgan fingerprint density at radius 3 is 2.70 bits per heavy atom. The van der Waals surface area contributed by atoms with Gasteiger partial charge in [-0.15, -0.1) is 0 Å². The number of carbonyl (C=O) groups excluding carboxylic acids is 2. The summed E-state index contributed by atoms with van der Waals surface area (Å²) in [6.45, 7) is 0. The molecule has 2 aromatic heterocycles. The van der Waals surface area contributed by atoms with E-state index < -0.39 is 0 Å². The number of para-hydroxylation sites is 1. The number of hydrogen-bond donors (Lipinski definition) is 4. The van der Waals surface area contributed by atoms with Crippen molar-refractivity contribution in [3.05, 3.63) is 66.2 Å². The predicted molar refractivity (Wildman–Crippen MR) is 113 cm³/mol. The van der Waals surface area contributed by atoms with Gasteiger partial charge in [0.1, 0.15) is 11.3 Å². The second kappa shape index (κ2) is 7.40. The standard InChI is InChI=1S/C22H19N5O3/c28-21(14-5-3-6-16(10-14)24-22(29)23-15-8-9-15)25-20-12-17(26-27-20)19-11-13-4-1-2-7-18(13)30-19/h1-7,10-12,15H,8-9H2,(H2,23,24,29)(H2,25,26,27,28). The van der Waals surface area contributed by atoms with E-state index in [-0.39, 0.29) is 18.0 Å². The van der Waals surface area contributed by atoms with E-state index in [1.807, 2.05) is 30.3 Å². The molecule has 1 saturated carbocycles. The first kappa shape index (κ1) is 18.0. The molecule has 1 aliphatic carbocycles. The van der Waals surface area contributed by atoms with E-state index in [0.717, 1.165) is 23.8 Å². The molecule has 5 rings (SSSR count). The van der Waals surface area contributed by atoms with Gasteiger partial charge in [0.05, 0.1) is 0 Å². The summed E-state index contributed by atoms with van der Waals surface area (Å²) in [4.78, 5) is 24.5. The van der Waals surface area contributed by atoms with E-state index in [4.69, 9.17) is 4.42 Å². The van der Waals surface area contributed by atoms with Crippen LogP contribution in [0.25, 0.3) is 22.4 Å². The molecule has 0 spiro atoms. The molecule has 30 heavy (non-hydrogen) atoms. The number of hydrogen-bond acceptors (Lipinski definition) is 4. The van der Waals surface area contributed by atoms with E-state index in [1.165, 1.54) is 0 Å². The number of anilines is 2. The number of nitrogens with zero attached hydrogens (tertiary/aromatic N) is 1. The lowest BCUT2D eigenvalue weighted by Crippen LogP contribution is -2.30. The smallest absolute Gasteiger partial charge is 0.319 e. The lowest BCUT2D eigenvalue weighted by molar-refractivity contribution is 0.102.